The van der Waals surface area contributed by atoms with Crippen molar-refractivity contribution in [3.05, 3.63) is 0 Å². The molecule has 0 aliphatic rings. The van der Waals surface area contributed by atoms with Gasteiger partial charge in [-0.25, -0.2) is 0 Å². The van der Waals surface area contributed by atoms with Gasteiger partial charge in [-0.2, -0.15) is 0 Å². The maximum absolute atomic E-state index is 5.57. The molecule has 0 aliphatic heterocycles. The van der Waals surface area contributed by atoms with Crippen LogP contribution in [-0.2, 0) is 0 Å². The fourth-order valence-corrected chi connectivity index (χ4v) is 1.17. The third-order valence-electron chi connectivity index (χ3n) is 2.13. The standard InChI is InChI=1S/C9H21N.C2H6/c1-3-5-6-7-9(4-2)8-10;1-2/h9H,3-8,10H2,1-2H3;1-2H3. The Hall–Kier alpha value is -0.0400. The van der Waals surface area contributed by atoms with E-state index in [9.17, 15) is 0 Å². The first-order valence-electron chi connectivity index (χ1n) is 5.55. The molecule has 0 saturated heterocycles. The molecule has 0 spiro atoms. The van der Waals surface area contributed by atoms with Crippen LogP contribution in [0.2, 0.25) is 0 Å². The van der Waals surface area contributed by atoms with Gasteiger partial charge in [0.2, 0.25) is 0 Å². The summed E-state index contributed by atoms with van der Waals surface area (Å²) in [6.45, 7) is 9.34. The summed E-state index contributed by atoms with van der Waals surface area (Å²) in [5.74, 6) is 0.784. The zero-order valence-electron chi connectivity index (χ0n) is 9.40. The van der Waals surface area contributed by atoms with E-state index in [0.717, 1.165) is 12.5 Å². The van der Waals surface area contributed by atoms with Crippen LogP contribution in [-0.4, -0.2) is 6.54 Å². The third-order valence-corrected chi connectivity index (χ3v) is 2.13. The molecular formula is C11H27N. The minimum Gasteiger partial charge on any atom is -0.330 e. The molecule has 0 saturated carbocycles. The lowest BCUT2D eigenvalue weighted by Gasteiger charge is -2.10. The fourth-order valence-electron chi connectivity index (χ4n) is 1.17. The van der Waals surface area contributed by atoms with Crippen LogP contribution >= 0.6 is 0 Å². The topological polar surface area (TPSA) is 26.0 Å². The molecule has 0 aromatic carbocycles. The molecular weight excluding hydrogens is 146 g/mol. The number of rotatable bonds is 6. The number of hydrogen-bond donors (Lipinski definition) is 1. The Kier molecular flexibility index (Phi) is 16.3. The maximum Gasteiger partial charge on any atom is -0.00490 e. The molecule has 0 aromatic heterocycles. The first kappa shape index (κ1) is 14.5. The van der Waals surface area contributed by atoms with Crippen molar-refractivity contribution >= 4 is 0 Å². The van der Waals surface area contributed by atoms with Gasteiger partial charge in [-0.3, -0.25) is 0 Å². The van der Waals surface area contributed by atoms with Crippen molar-refractivity contribution < 1.29 is 0 Å². The van der Waals surface area contributed by atoms with Crippen molar-refractivity contribution in [2.75, 3.05) is 6.54 Å². The van der Waals surface area contributed by atoms with Gasteiger partial charge in [-0.1, -0.05) is 53.4 Å². The summed E-state index contributed by atoms with van der Waals surface area (Å²) >= 11 is 0. The summed E-state index contributed by atoms with van der Waals surface area (Å²) in [4.78, 5) is 0. The van der Waals surface area contributed by atoms with Gasteiger partial charge < -0.3 is 5.73 Å². The molecule has 1 unspecified atom stereocenters. The van der Waals surface area contributed by atoms with Crippen LogP contribution in [0.15, 0.2) is 0 Å². The predicted molar refractivity (Wildman–Crippen MR) is 58.3 cm³/mol. The lowest BCUT2D eigenvalue weighted by molar-refractivity contribution is 0.454. The molecule has 0 aromatic rings. The SMILES string of the molecule is CC.CCCCCC(CC)CN. The number of unbranched alkanes of at least 4 members (excludes halogenated alkanes) is 2. The highest BCUT2D eigenvalue weighted by atomic mass is 14.5. The highest BCUT2D eigenvalue weighted by Crippen LogP contribution is 2.11. The van der Waals surface area contributed by atoms with Crippen molar-refractivity contribution in [3.8, 4) is 0 Å². The van der Waals surface area contributed by atoms with Crippen LogP contribution in [0.1, 0.15) is 59.8 Å². The summed E-state index contributed by atoms with van der Waals surface area (Å²) in [5, 5.41) is 0. The minimum absolute atomic E-state index is 0.784. The van der Waals surface area contributed by atoms with Gasteiger partial charge in [0, 0.05) is 0 Å². The monoisotopic (exact) mass is 173 g/mol. The van der Waals surface area contributed by atoms with Crippen molar-refractivity contribution in [2.24, 2.45) is 11.7 Å². The van der Waals surface area contributed by atoms with Crippen LogP contribution in [0, 0.1) is 5.92 Å². The molecule has 0 amide bonds. The zero-order chi connectivity index (χ0) is 9.82. The Labute approximate surface area is 78.7 Å². The van der Waals surface area contributed by atoms with Crippen molar-refractivity contribution in [1.82, 2.24) is 0 Å². The van der Waals surface area contributed by atoms with Crippen LogP contribution in [0.4, 0.5) is 0 Å². The molecule has 1 heteroatoms. The van der Waals surface area contributed by atoms with Crippen LogP contribution < -0.4 is 5.73 Å². The van der Waals surface area contributed by atoms with E-state index in [2.05, 4.69) is 13.8 Å². The van der Waals surface area contributed by atoms with E-state index in [1.807, 2.05) is 13.8 Å². The van der Waals surface area contributed by atoms with Gasteiger partial charge in [0.05, 0.1) is 0 Å². The van der Waals surface area contributed by atoms with Gasteiger partial charge in [0.1, 0.15) is 0 Å². The summed E-state index contributed by atoms with van der Waals surface area (Å²) in [6, 6.07) is 0. The Bertz CT molecular complexity index is 58.0. The van der Waals surface area contributed by atoms with Crippen LogP contribution in [0.5, 0.6) is 0 Å². The van der Waals surface area contributed by atoms with E-state index >= 15 is 0 Å². The molecule has 1 nitrogen and oxygen atoms in total. The number of hydrogen-bond acceptors (Lipinski definition) is 1. The molecule has 0 radical (unpaired) electrons. The highest BCUT2D eigenvalue weighted by molar-refractivity contribution is 4.56. The summed E-state index contributed by atoms with van der Waals surface area (Å²) in [6.07, 6.45) is 6.64. The van der Waals surface area contributed by atoms with E-state index in [4.69, 9.17) is 5.73 Å². The van der Waals surface area contributed by atoms with Crippen molar-refractivity contribution in [3.63, 3.8) is 0 Å². The Morgan fingerprint density at radius 2 is 1.67 bits per heavy atom. The molecule has 0 rings (SSSR count). The largest absolute Gasteiger partial charge is 0.330 e. The first-order chi connectivity index (χ1) is 5.85. The second kappa shape index (κ2) is 13.5. The van der Waals surface area contributed by atoms with E-state index in [-0.39, 0.29) is 0 Å². The molecule has 0 heterocycles. The third kappa shape index (κ3) is 9.96. The lowest BCUT2D eigenvalue weighted by atomic mass is 9.99. The van der Waals surface area contributed by atoms with Crippen LogP contribution in [0.3, 0.4) is 0 Å². The second-order valence-corrected chi connectivity index (χ2v) is 3.01. The van der Waals surface area contributed by atoms with Crippen molar-refractivity contribution in [2.45, 2.75) is 59.8 Å². The molecule has 0 bridgehead atoms. The number of nitrogens with two attached hydrogens (primary N) is 1. The van der Waals surface area contributed by atoms with E-state index in [1.165, 1.54) is 32.1 Å². The van der Waals surface area contributed by atoms with E-state index in [1.54, 1.807) is 0 Å². The average molecular weight is 173 g/mol. The highest BCUT2D eigenvalue weighted by Gasteiger charge is 2.01. The smallest absolute Gasteiger partial charge is 0.00490 e. The zero-order valence-corrected chi connectivity index (χ0v) is 9.40. The summed E-state index contributed by atoms with van der Waals surface area (Å²) in [7, 11) is 0. The summed E-state index contributed by atoms with van der Waals surface area (Å²) in [5.41, 5.74) is 5.57. The molecule has 1 atom stereocenters. The van der Waals surface area contributed by atoms with Gasteiger partial charge >= 0.3 is 0 Å². The van der Waals surface area contributed by atoms with Gasteiger partial charge in [0.25, 0.3) is 0 Å². The minimum atomic E-state index is 0.784. The van der Waals surface area contributed by atoms with Gasteiger partial charge in [0.15, 0.2) is 0 Å². The first-order valence-corrected chi connectivity index (χ1v) is 5.55. The van der Waals surface area contributed by atoms with Crippen molar-refractivity contribution in [1.29, 1.82) is 0 Å². The van der Waals surface area contributed by atoms with E-state index in [0.29, 0.717) is 0 Å². The second-order valence-electron chi connectivity index (χ2n) is 3.01. The quantitative estimate of drug-likeness (QED) is 0.610. The molecule has 2 N–H and O–H groups in total. The summed E-state index contributed by atoms with van der Waals surface area (Å²) < 4.78 is 0. The maximum atomic E-state index is 5.57. The fraction of sp³-hybridized carbons (Fsp3) is 1.00. The lowest BCUT2D eigenvalue weighted by Crippen LogP contribution is -2.12. The predicted octanol–water partition coefficient (Wildman–Crippen LogP) is 3.58. The van der Waals surface area contributed by atoms with Gasteiger partial charge in [-0.15, -0.1) is 0 Å². The molecule has 76 valence electrons. The Morgan fingerprint density at radius 1 is 1.08 bits per heavy atom. The van der Waals surface area contributed by atoms with Crippen LogP contribution in [0.25, 0.3) is 0 Å². The van der Waals surface area contributed by atoms with E-state index < -0.39 is 0 Å². The Morgan fingerprint density at radius 3 is 2.00 bits per heavy atom. The Balaban J connectivity index is 0. The normalized spacial score (nSPS) is 11.8. The molecule has 0 fully saturated rings. The molecule has 0 aliphatic carbocycles. The molecule has 12 heavy (non-hydrogen) atoms. The average Bonchev–Trinajstić information content (AvgIpc) is 2.16. The van der Waals surface area contributed by atoms with Gasteiger partial charge in [-0.05, 0) is 18.9 Å².